The molecule has 0 radical (unpaired) electrons. The van der Waals surface area contributed by atoms with Crippen LogP contribution in [-0.4, -0.2) is 16.6 Å². The second kappa shape index (κ2) is 4.82. The molecule has 0 saturated carbocycles. The third kappa shape index (κ3) is 2.70. The number of aromatic nitrogens is 2. The predicted molar refractivity (Wildman–Crippen MR) is 52.1 cm³/mol. The fourth-order valence-corrected chi connectivity index (χ4v) is 0.907. The zero-order valence-electron chi connectivity index (χ0n) is 7.62. The summed E-state index contributed by atoms with van der Waals surface area (Å²) in [7, 11) is 0. The van der Waals surface area contributed by atoms with Crippen molar-refractivity contribution >= 4 is 11.6 Å². The Bertz CT molecular complexity index is 312. The van der Waals surface area contributed by atoms with Crippen molar-refractivity contribution in [3.63, 3.8) is 0 Å². The van der Waals surface area contributed by atoms with E-state index in [-0.39, 0.29) is 0 Å². The zero-order chi connectivity index (χ0) is 9.68. The van der Waals surface area contributed by atoms with Gasteiger partial charge in [-0.05, 0) is 13.8 Å². The Hall–Kier alpha value is -1.09. The fraction of sp³-hybridized carbons (Fsp3) is 0.333. The first-order chi connectivity index (χ1) is 6.25. The molecule has 1 rings (SSSR count). The van der Waals surface area contributed by atoms with Gasteiger partial charge in [0, 0.05) is 5.56 Å². The topological polar surface area (TPSA) is 35.0 Å². The average Bonchev–Trinajstić information content (AvgIpc) is 2.13. The Balaban J connectivity index is 2.71. The van der Waals surface area contributed by atoms with E-state index in [4.69, 9.17) is 16.3 Å². The summed E-state index contributed by atoms with van der Waals surface area (Å²) in [6.07, 6.45) is 5.20. The molecule has 1 aromatic rings. The maximum atomic E-state index is 5.78. The minimum absolute atomic E-state index is 0.436. The van der Waals surface area contributed by atoms with Crippen molar-refractivity contribution in [2.45, 2.75) is 13.8 Å². The van der Waals surface area contributed by atoms with E-state index in [2.05, 4.69) is 9.97 Å². The lowest BCUT2D eigenvalue weighted by molar-refractivity contribution is 0.344. The maximum Gasteiger partial charge on any atom is 0.221 e. The van der Waals surface area contributed by atoms with Gasteiger partial charge in [0.1, 0.15) is 18.1 Å². The number of halogens is 1. The van der Waals surface area contributed by atoms with Gasteiger partial charge < -0.3 is 4.74 Å². The zero-order valence-corrected chi connectivity index (χ0v) is 8.38. The van der Waals surface area contributed by atoms with Gasteiger partial charge in [-0.25, -0.2) is 9.97 Å². The third-order valence-electron chi connectivity index (χ3n) is 1.53. The van der Waals surface area contributed by atoms with E-state index in [0.29, 0.717) is 17.6 Å². The smallest absolute Gasteiger partial charge is 0.221 e. The van der Waals surface area contributed by atoms with Crippen molar-refractivity contribution in [2.24, 2.45) is 0 Å². The molecule has 70 valence electrons. The summed E-state index contributed by atoms with van der Waals surface area (Å²) >= 11 is 5.78. The van der Waals surface area contributed by atoms with Gasteiger partial charge in [-0.15, -0.1) is 0 Å². The molecule has 0 aliphatic rings. The van der Waals surface area contributed by atoms with E-state index in [9.17, 15) is 0 Å². The summed E-state index contributed by atoms with van der Waals surface area (Å²) in [5.41, 5.74) is 0.772. The molecule has 0 fully saturated rings. The van der Waals surface area contributed by atoms with Crippen LogP contribution in [0, 0.1) is 6.92 Å². The quantitative estimate of drug-likeness (QED) is 0.553. The van der Waals surface area contributed by atoms with Crippen LogP contribution in [0.1, 0.15) is 12.5 Å². The van der Waals surface area contributed by atoms with E-state index in [1.807, 2.05) is 26.0 Å². The molecule has 4 heteroatoms. The molecule has 0 amide bonds. The summed E-state index contributed by atoms with van der Waals surface area (Å²) in [5, 5.41) is 0.436. The molecule has 0 aromatic carbocycles. The van der Waals surface area contributed by atoms with Crippen molar-refractivity contribution in [1.82, 2.24) is 9.97 Å². The van der Waals surface area contributed by atoms with E-state index in [0.717, 1.165) is 5.56 Å². The lowest BCUT2D eigenvalue weighted by atomic mass is 10.4. The monoisotopic (exact) mass is 198 g/mol. The van der Waals surface area contributed by atoms with Gasteiger partial charge in [0.05, 0.1) is 0 Å². The van der Waals surface area contributed by atoms with E-state index in [1.165, 1.54) is 6.33 Å². The molecule has 3 nitrogen and oxygen atoms in total. The minimum Gasteiger partial charge on any atom is -0.473 e. The highest BCUT2D eigenvalue weighted by Gasteiger charge is 2.04. The first-order valence-electron chi connectivity index (χ1n) is 3.96. The molecule has 0 aliphatic carbocycles. The van der Waals surface area contributed by atoms with Crippen LogP contribution in [0.3, 0.4) is 0 Å². The summed E-state index contributed by atoms with van der Waals surface area (Å²) in [4.78, 5) is 7.78. The standard InChI is InChI=1S/C9H11ClN2O/c1-3-4-5-13-9-7(2)8(10)11-6-12-9/h3-4,6H,5H2,1-2H3. The van der Waals surface area contributed by atoms with Crippen LogP contribution >= 0.6 is 11.6 Å². The van der Waals surface area contributed by atoms with Crippen LogP contribution < -0.4 is 4.74 Å². The number of allylic oxidation sites excluding steroid dienone is 1. The van der Waals surface area contributed by atoms with Crippen LogP contribution in [0.4, 0.5) is 0 Å². The van der Waals surface area contributed by atoms with Crippen LogP contribution in [0.15, 0.2) is 18.5 Å². The van der Waals surface area contributed by atoms with Gasteiger partial charge in [0.15, 0.2) is 0 Å². The Kier molecular flexibility index (Phi) is 3.71. The third-order valence-corrected chi connectivity index (χ3v) is 1.91. The molecule has 0 spiro atoms. The SMILES string of the molecule is CC=CCOc1ncnc(Cl)c1C. The largest absolute Gasteiger partial charge is 0.473 e. The second-order valence-electron chi connectivity index (χ2n) is 2.47. The Morgan fingerprint density at radius 2 is 2.31 bits per heavy atom. The first-order valence-corrected chi connectivity index (χ1v) is 4.34. The molecule has 0 N–H and O–H groups in total. The first kappa shape index (κ1) is 9.99. The molecule has 0 bridgehead atoms. The number of hydrogen-bond acceptors (Lipinski definition) is 3. The molecule has 1 aromatic heterocycles. The maximum absolute atomic E-state index is 5.78. The summed E-state index contributed by atoms with van der Waals surface area (Å²) in [6, 6.07) is 0. The number of ether oxygens (including phenoxy) is 1. The van der Waals surface area contributed by atoms with Gasteiger partial charge in [-0.2, -0.15) is 0 Å². The Labute approximate surface area is 82.4 Å². The van der Waals surface area contributed by atoms with Gasteiger partial charge in [0.2, 0.25) is 5.88 Å². The second-order valence-corrected chi connectivity index (χ2v) is 2.83. The molecular weight excluding hydrogens is 188 g/mol. The van der Waals surface area contributed by atoms with E-state index in [1.54, 1.807) is 0 Å². The molecule has 0 aliphatic heterocycles. The number of nitrogens with zero attached hydrogens (tertiary/aromatic N) is 2. The molecule has 0 atom stereocenters. The lowest BCUT2D eigenvalue weighted by Crippen LogP contribution is -1.99. The van der Waals surface area contributed by atoms with E-state index >= 15 is 0 Å². The minimum atomic E-state index is 0.436. The van der Waals surface area contributed by atoms with Crippen LogP contribution in [0.25, 0.3) is 0 Å². The van der Waals surface area contributed by atoms with E-state index < -0.39 is 0 Å². The van der Waals surface area contributed by atoms with Crippen LogP contribution in [0.2, 0.25) is 5.15 Å². The fourth-order valence-electron chi connectivity index (χ4n) is 0.783. The molecule has 0 unspecified atom stereocenters. The predicted octanol–water partition coefficient (Wildman–Crippen LogP) is 2.39. The molecule has 1 heterocycles. The van der Waals surface area contributed by atoms with Crippen molar-refractivity contribution in [1.29, 1.82) is 0 Å². The van der Waals surface area contributed by atoms with Crippen LogP contribution in [0.5, 0.6) is 5.88 Å². The van der Waals surface area contributed by atoms with Gasteiger partial charge in [-0.3, -0.25) is 0 Å². The average molecular weight is 199 g/mol. The number of hydrogen-bond donors (Lipinski definition) is 0. The highest BCUT2D eigenvalue weighted by Crippen LogP contribution is 2.19. The van der Waals surface area contributed by atoms with Crippen molar-refractivity contribution in [3.05, 3.63) is 29.2 Å². The van der Waals surface area contributed by atoms with Crippen molar-refractivity contribution in [2.75, 3.05) is 6.61 Å². The summed E-state index contributed by atoms with van der Waals surface area (Å²) in [5.74, 6) is 0.540. The normalized spacial score (nSPS) is 10.7. The highest BCUT2D eigenvalue weighted by molar-refractivity contribution is 6.30. The highest BCUT2D eigenvalue weighted by atomic mass is 35.5. The lowest BCUT2D eigenvalue weighted by Gasteiger charge is -2.05. The Morgan fingerprint density at radius 3 is 3.00 bits per heavy atom. The van der Waals surface area contributed by atoms with Gasteiger partial charge in [-0.1, -0.05) is 23.8 Å². The van der Waals surface area contributed by atoms with Crippen LogP contribution in [-0.2, 0) is 0 Å². The molecule has 0 saturated heterocycles. The van der Waals surface area contributed by atoms with Gasteiger partial charge >= 0.3 is 0 Å². The number of rotatable bonds is 3. The summed E-state index contributed by atoms with van der Waals surface area (Å²) in [6.45, 7) is 4.27. The van der Waals surface area contributed by atoms with Gasteiger partial charge in [0.25, 0.3) is 0 Å². The molecular formula is C9H11ClN2O. The van der Waals surface area contributed by atoms with Crippen molar-refractivity contribution in [3.8, 4) is 5.88 Å². The summed E-state index contributed by atoms with van der Waals surface area (Å²) < 4.78 is 5.34. The van der Waals surface area contributed by atoms with Crippen molar-refractivity contribution < 1.29 is 4.74 Å². The Morgan fingerprint density at radius 1 is 1.54 bits per heavy atom. The molecule has 13 heavy (non-hydrogen) atoms.